The zero-order chi connectivity index (χ0) is 22.0. The number of anilines is 2. The average Bonchev–Trinajstić information content (AvgIpc) is 3.30. The molecule has 11 heteroatoms. The van der Waals surface area contributed by atoms with Crippen LogP contribution in [0.15, 0.2) is 48.8 Å². The fourth-order valence-corrected chi connectivity index (χ4v) is 3.58. The van der Waals surface area contributed by atoms with Crippen LogP contribution in [0, 0.1) is 5.92 Å². The normalized spacial score (nSPS) is 15.2. The van der Waals surface area contributed by atoms with E-state index >= 15 is 0 Å². The SMILES string of the molecule is O=C(Nc1cc(C(F)(F)F)ccc1Cl)C1CCN(c2ccc(-n3cccn3)nn2)CC1. The van der Waals surface area contributed by atoms with Crippen molar-refractivity contribution in [3.05, 3.63) is 59.4 Å². The van der Waals surface area contributed by atoms with Gasteiger partial charge in [0.15, 0.2) is 11.6 Å². The van der Waals surface area contributed by atoms with Crippen molar-refractivity contribution in [2.75, 3.05) is 23.3 Å². The monoisotopic (exact) mass is 450 g/mol. The first-order valence-electron chi connectivity index (χ1n) is 9.57. The van der Waals surface area contributed by atoms with Crippen LogP contribution < -0.4 is 10.2 Å². The number of aromatic nitrogens is 4. The molecule has 162 valence electrons. The fourth-order valence-electron chi connectivity index (χ4n) is 3.42. The third-order valence-corrected chi connectivity index (χ3v) is 5.45. The molecular formula is C20H18ClF3N6O. The average molecular weight is 451 g/mol. The van der Waals surface area contributed by atoms with Gasteiger partial charge in [-0.25, -0.2) is 4.68 Å². The lowest BCUT2D eigenvalue weighted by Crippen LogP contribution is -2.38. The molecule has 1 fully saturated rings. The molecule has 1 amide bonds. The number of hydrogen-bond acceptors (Lipinski definition) is 5. The summed E-state index contributed by atoms with van der Waals surface area (Å²) in [5.41, 5.74) is -0.900. The molecule has 4 rings (SSSR count). The van der Waals surface area contributed by atoms with Crippen LogP contribution in [0.4, 0.5) is 24.7 Å². The van der Waals surface area contributed by atoms with E-state index in [-0.39, 0.29) is 22.5 Å². The molecule has 1 aliphatic rings. The molecule has 0 bridgehead atoms. The minimum Gasteiger partial charge on any atom is -0.355 e. The Balaban J connectivity index is 1.36. The van der Waals surface area contributed by atoms with E-state index in [9.17, 15) is 18.0 Å². The first-order valence-corrected chi connectivity index (χ1v) is 9.95. The van der Waals surface area contributed by atoms with Crippen LogP contribution in [0.25, 0.3) is 5.82 Å². The van der Waals surface area contributed by atoms with Gasteiger partial charge in [0.25, 0.3) is 0 Å². The van der Waals surface area contributed by atoms with Gasteiger partial charge in [0.1, 0.15) is 0 Å². The van der Waals surface area contributed by atoms with Crippen molar-refractivity contribution >= 4 is 29.0 Å². The molecule has 1 saturated heterocycles. The van der Waals surface area contributed by atoms with Gasteiger partial charge < -0.3 is 10.2 Å². The number of piperidine rings is 1. The molecule has 1 N–H and O–H groups in total. The van der Waals surface area contributed by atoms with Crippen LogP contribution in [0.2, 0.25) is 5.02 Å². The van der Waals surface area contributed by atoms with E-state index in [1.54, 1.807) is 23.1 Å². The van der Waals surface area contributed by atoms with Crippen molar-refractivity contribution in [1.82, 2.24) is 20.0 Å². The van der Waals surface area contributed by atoms with Crippen LogP contribution in [-0.4, -0.2) is 39.0 Å². The highest BCUT2D eigenvalue weighted by Crippen LogP contribution is 2.34. The number of hydrogen-bond donors (Lipinski definition) is 1. The quantitative estimate of drug-likeness (QED) is 0.645. The van der Waals surface area contributed by atoms with Crippen molar-refractivity contribution in [2.24, 2.45) is 5.92 Å². The number of carbonyl (C=O) groups excluding carboxylic acids is 1. The number of rotatable bonds is 4. The lowest BCUT2D eigenvalue weighted by atomic mass is 9.95. The van der Waals surface area contributed by atoms with Gasteiger partial charge in [-0.15, -0.1) is 10.2 Å². The van der Waals surface area contributed by atoms with E-state index < -0.39 is 11.7 Å². The van der Waals surface area contributed by atoms with E-state index in [4.69, 9.17) is 11.6 Å². The minimum absolute atomic E-state index is 0.0380. The lowest BCUT2D eigenvalue weighted by molar-refractivity contribution is -0.137. The predicted octanol–water partition coefficient (Wildman–Crippen LogP) is 4.19. The summed E-state index contributed by atoms with van der Waals surface area (Å²) >= 11 is 5.97. The van der Waals surface area contributed by atoms with E-state index in [0.717, 1.165) is 18.2 Å². The van der Waals surface area contributed by atoms with E-state index in [0.29, 0.717) is 37.6 Å². The summed E-state index contributed by atoms with van der Waals surface area (Å²) < 4.78 is 40.4. The highest BCUT2D eigenvalue weighted by atomic mass is 35.5. The summed E-state index contributed by atoms with van der Waals surface area (Å²) in [6.45, 7) is 1.15. The van der Waals surface area contributed by atoms with Crippen molar-refractivity contribution in [2.45, 2.75) is 19.0 Å². The molecule has 0 aliphatic carbocycles. The minimum atomic E-state index is -4.51. The second-order valence-electron chi connectivity index (χ2n) is 7.14. The fraction of sp³-hybridized carbons (Fsp3) is 0.300. The van der Waals surface area contributed by atoms with Gasteiger partial charge in [-0.05, 0) is 49.2 Å². The second-order valence-corrected chi connectivity index (χ2v) is 7.55. The van der Waals surface area contributed by atoms with Gasteiger partial charge >= 0.3 is 6.18 Å². The summed E-state index contributed by atoms with van der Waals surface area (Å²) in [7, 11) is 0. The topological polar surface area (TPSA) is 75.9 Å². The molecule has 3 aromatic rings. The Hall–Kier alpha value is -3.14. The molecule has 31 heavy (non-hydrogen) atoms. The number of amides is 1. The Bertz CT molecular complexity index is 1050. The van der Waals surface area contributed by atoms with Crippen molar-refractivity contribution < 1.29 is 18.0 Å². The predicted molar refractivity (Wildman–Crippen MR) is 109 cm³/mol. The van der Waals surface area contributed by atoms with Gasteiger partial charge in [-0.3, -0.25) is 4.79 Å². The van der Waals surface area contributed by atoms with Gasteiger partial charge in [0.05, 0.1) is 16.3 Å². The Labute approximate surface area is 180 Å². The van der Waals surface area contributed by atoms with Crippen molar-refractivity contribution in [1.29, 1.82) is 0 Å². The standard InChI is InChI=1S/C20H18ClF3N6O/c21-15-3-2-14(20(22,23)24)12-16(15)26-19(31)13-6-10-29(11-7-13)17-4-5-18(28-27-17)30-9-1-8-25-30/h1-5,8-9,12-13H,6-7,10-11H2,(H,26,31). The highest BCUT2D eigenvalue weighted by Gasteiger charge is 2.32. The van der Waals surface area contributed by atoms with Crippen LogP contribution in [-0.2, 0) is 11.0 Å². The van der Waals surface area contributed by atoms with Gasteiger partial charge in [-0.2, -0.15) is 18.3 Å². The third kappa shape index (κ3) is 4.79. The number of nitrogens with zero attached hydrogens (tertiary/aromatic N) is 5. The third-order valence-electron chi connectivity index (χ3n) is 5.12. The molecule has 0 saturated carbocycles. The Morgan fingerprint density at radius 3 is 2.42 bits per heavy atom. The number of halogens is 4. The maximum atomic E-state index is 12.9. The maximum Gasteiger partial charge on any atom is 0.416 e. The van der Waals surface area contributed by atoms with E-state index in [1.807, 2.05) is 17.0 Å². The zero-order valence-corrected chi connectivity index (χ0v) is 16.9. The molecule has 1 aliphatic heterocycles. The van der Waals surface area contributed by atoms with E-state index in [2.05, 4.69) is 20.6 Å². The summed E-state index contributed by atoms with van der Waals surface area (Å²) in [4.78, 5) is 14.6. The maximum absolute atomic E-state index is 12.9. The van der Waals surface area contributed by atoms with Crippen LogP contribution in [0.5, 0.6) is 0 Å². The first kappa shape index (κ1) is 21.1. The van der Waals surface area contributed by atoms with Gasteiger partial charge in [0, 0.05) is 31.4 Å². The Kier molecular flexibility index (Phi) is 5.81. The number of benzene rings is 1. The van der Waals surface area contributed by atoms with Gasteiger partial charge in [0.2, 0.25) is 5.91 Å². The lowest BCUT2D eigenvalue weighted by Gasteiger charge is -2.31. The molecule has 0 spiro atoms. The first-order chi connectivity index (χ1) is 14.8. The van der Waals surface area contributed by atoms with Gasteiger partial charge in [-0.1, -0.05) is 11.6 Å². The molecule has 0 radical (unpaired) electrons. The smallest absolute Gasteiger partial charge is 0.355 e. The molecular weight excluding hydrogens is 433 g/mol. The van der Waals surface area contributed by atoms with Crippen LogP contribution in [0.3, 0.4) is 0 Å². The molecule has 7 nitrogen and oxygen atoms in total. The highest BCUT2D eigenvalue weighted by molar-refractivity contribution is 6.33. The molecule has 0 unspecified atom stereocenters. The summed E-state index contributed by atoms with van der Waals surface area (Å²) in [5.74, 6) is 0.607. The zero-order valence-electron chi connectivity index (χ0n) is 16.2. The summed E-state index contributed by atoms with van der Waals surface area (Å²) in [6, 6.07) is 8.31. The number of alkyl halides is 3. The van der Waals surface area contributed by atoms with Crippen molar-refractivity contribution in [3.63, 3.8) is 0 Å². The molecule has 0 atom stereocenters. The largest absolute Gasteiger partial charge is 0.416 e. The van der Waals surface area contributed by atoms with E-state index in [1.165, 1.54) is 0 Å². The second kappa shape index (κ2) is 8.54. The van der Waals surface area contributed by atoms with Crippen LogP contribution >= 0.6 is 11.6 Å². The van der Waals surface area contributed by atoms with Crippen LogP contribution in [0.1, 0.15) is 18.4 Å². The summed E-state index contributed by atoms with van der Waals surface area (Å²) in [6.07, 6.45) is -0.0260. The molecule has 1 aromatic carbocycles. The van der Waals surface area contributed by atoms with Crippen molar-refractivity contribution in [3.8, 4) is 5.82 Å². The Morgan fingerprint density at radius 2 is 1.81 bits per heavy atom. The molecule has 2 aromatic heterocycles. The summed E-state index contributed by atoms with van der Waals surface area (Å²) in [5, 5.41) is 15.1. The molecule has 3 heterocycles. The Morgan fingerprint density at radius 1 is 1.10 bits per heavy atom. The number of carbonyl (C=O) groups is 1. The number of nitrogens with one attached hydrogen (secondary N) is 1.